The van der Waals surface area contributed by atoms with Crippen LogP contribution in [0.3, 0.4) is 0 Å². The number of carbonyl (C=O) groups is 2. The van der Waals surface area contributed by atoms with Gasteiger partial charge in [-0.25, -0.2) is 22.6 Å². The number of likely N-dealkylation sites (tertiary alicyclic amines) is 2. The van der Waals surface area contributed by atoms with Gasteiger partial charge >= 0.3 is 0 Å². The molecule has 0 spiro atoms. The number of aromatic nitrogens is 2. The normalized spacial score (nSPS) is 16.7. The van der Waals surface area contributed by atoms with E-state index in [9.17, 15) is 26.8 Å². The molecule has 2 fully saturated rings. The second kappa shape index (κ2) is 11.3. The van der Waals surface area contributed by atoms with E-state index < -0.39 is 32.3 Å². The average molecular weight is 594 g/mol. The van der Waals surface area contributed by atoms with Crippen LogP contribution in [0.2, 0.25) is 0 Å². The summed E-state index contributed by atoms with van der Waals surface area (Å²) in [5.74, 6) is -2.76. The summed E-state index contributed by atoms with van der Waals surface area (Å²) in [5, 5.41) is 4.54. The largest absolute Gasteiger partial charge is 0.339 e. The van der Waals surface area contributed by atoms with Gasteiger partial charge in [0.05, 0.1) is 32.6 Å². The highest BCUT2D eigenvalue weighted by Crippen LogP contribution is 2.27. The molecule has 9 nitrogen and oxygen atoms in total. The van der Waals surface area contributed by atoms with Crippen LogP contribution in [0.5, 0.6) is 0 Å². The molecule has 3 aromatic carbocycles. The van der Waals surface area contributed by atoms with Crippen molar-refractivity contribution in [3.63, 3.8) is 0 Å². The molecule has 0 atom stereocenters. The van der Waals surface area contributed by atoms with Gasteiger partial charge in [-0.1, -0.05) is 12.1 Å². The molecule has 0 radical (unpaired) electrons. The number of carbonyl (C=O) groups excluding carboxylic acids is 2. The Balaban J connectivity index is 1.19. The van der Waals surface area contributed by atoms with Crippen molar-refractivity contribution >= 4 is 32.6 Å². The third-order valence-electron chi connectivity index (χ3n) is 8.01. The lowest BCUT2D eigenvalue weighted by atomic mass is 10.0. The second-order valence-corrected chi connectivity index (χ2v) is 12.6. The molecule has 1 N–H and O–H groups in total. The number of benzene rings is 3. The van der Waals surface area contributed by atoms with E-state index in [1.54, 1.807) is 29.2 Å². The molecule has 1 aromatic heterocycles. The van der Waals surface area contributed by atoms with Gasteiger partial charge in [0.1, 0.15) is 11.6 Å². The Labute approximate surface area is 241 Å². The van der Waals surface area contributed by atoms with Gasteiger partial charge in [0.2, 0.25) is 9.84 Å². The van der Waals surface area contributed by atoms with Gasteiger partial charge in [-0.05, 0) is 81.2 Å². The molecule has 42 heavy (non-hydrogen) atoms. The minimum atomic E-state index is -4.22. The SMILES string of the molecule is O=C(Nn1ncc2cc(S(=O)(=O)c3cc(F)cc(F)c3)ccc21)c1ccccc1C(=O)N1CCC(N2CCCC2)CC1. The van der Waals surface area contributed by atoms with Crippen molar-refractivity contribution in [3.8, 4) is 0 Å². The number of hydrogen-bond donors (Lipinski definition) is 1. The molecule has 4 aromatic rings. The average Bonchev–Trinajstić information content (AvgIpc) is 3.67. The number of piperidine rings is 1. The predicted molar refractivity (Wildman–Crippen MR) is 151 cm³/mol. The summed E-state index contributed by atoms with van der Waals surface area (Å²) in [7, 11) is -4.22. The van der Waals surface area contributed by atoms with Crippen LogP contribution in [0.25, 0.3) is 10.9 Å². The predicted octanol–water partition coefficient (Wildman–Crippen LogP) is 4.23. The van der Waals surface area contributed by atoms with E-state index >= 15 is 0 Å². The van der Waals surface area contributed by atoms with Crippen LogP contribution >= 0.6 is 0 Å². The number of rotatable bonds is 6. The van der Waals surface area contributed by atoms with E-state index in [1.807, 2.05) is 0 Å². The molecule has 12 heteroatoms. The number of nitrogens with zero attached hydrogens (tertiary/aromatic N) is 4. The number of halogens is 2. The van der Waals surface area contributed by atoms with Crippen LogP contribution in [0, 0.1) is 11.6 Å². The van der Waals surface area contributed by atoms with Crippen molar-refractivity contribution in [2.75, 3.05) is 31.6 Å². The molecule has 2 aliphatic rings. The maximum atomic E-state index is 13.7. The molecule has 3 heterocycles. The minimum absolute atomic E-state index is 0.185. The molecule has 0 unspecified atom stereocenters. The summed E-state index contributed by atoms with van der Waals surface area (Å²) >= 11 is 0. The molecule has 0 saturated carbocycles. The van der Waals surface area contributed by atoms with Crippen molar-refractivity contribution in [1.29, 1.82) is 0 Å². The van der Waals surface area contributed by atoms with Crippen LogP contribution in [0.4, 0.5) is 8.78 Å². The fourth-order valence-electron chi connectivity index (χ4n) is 5.82. The Morgan fingerprint density at radius 1 is 0.833 bits per heavy atom. The number of nitrogens with one attached hydrogen (secondary N) is 1. The quantitative estimate of drug-likeness (QED) is 0.359. The molecular formula is C30H29F2N5O4S. The zero-order valence-electron chi connectivity index (χ0n) is 22.7. The fourth-order valence-corrected chi connectivity index (χ4v) is 7.16. The smallest absolute Gasteiger partial charge is 0.272 e. The topological polar surface area (TPSA) is 105 Å². The first kappa shape index (κ1) is 28.0. The summed E-state index contributed by atoms with van der Waals surface area (Å²) in [6, 6.07) is 13.2. The Bertz CT molecular complexity index is 1760. The molecule has 0 bridgehead atoms. The van der Waals surface area contributed by atoms with Crippen LogP contribution in [-0.4, -0.2) is 72.1 Å². The highest BCUT2D eigenvalue weighted by molar-refractivity contribution is 7.91. The minimum Gasteiger partial charge on any atom is -0.339 e. The van der Waals surface area contributed by atoms with E-state index in [-0.39, 0.29) is 16.4 Å². The van der Waals surface area contributed by atoms with Gasteiger partial charge < -0.3 is 9.80 Å². The summed E-state index contributed by atoms with van der Waals surface area (Å²) < 4.78 is 53.3. The van der Waals surface area contributed by atoms with Crippen molar-refractivity contribution < 1.29 is 26.8 Å². The Morgan fingerprint density at radius 2 is 1.50 bits per heavy atom. The van der Waals surface area contributed by atoms with Gasteiger partial charge in [-0.3, -0.25) is 9.59 Å². The number of hydrogen-bond acceptors (Lipinski definition) is 6. The highest BCUT2D eigenvalue weighted by Gasteiger charge is 2.30. The molecule has 2 saturated heterocycles. The Morgan fingerprint density at radius 3 is 2.19 bits per heavy atom. The van der Waals surface area contributed by atoms with E-state index in [4.69, 9.17) is 0 Å². The summed E-state index contributed by atoms with van der Waals surface area (Å²) in [6.45, 7) is 3.50. The first-order chi connectivity index (χ1) is 20.2. The highest BCUT2D eigenvalue weighted by atomic mass is 32.2. The third-order valence-corrected chi connectivity index (χ3v) is 9.75. The number of amides is 2. The third kappa shape index (κ3) is 5.39. The fraction of sp³-hybridized carbons (Fsp3) is 0.300. The lowest BCUT2D eigenvalue weighted by molar-refractivity contribution is 0.0641. The van der Waals surface area contributed by atoms with Crippen molar-refractivity contribution in [2.45, 2.75) is 41.5 Å². The van der Waals surface area contributed by atoms with Crippen molar-refractivity contribution in [1.82, 2.24) is 19.7 Å². The van der Waals surface area contributed by atoms with E-state index in [0.717, 1.165) is 38.1 Å². The molecular weight excluding hydrogens is 564 g/mol. The zero-order chi connectivity index (χ0) is 29.4. The van der Waals surface area contributed by atoms with Gasteiger partial charge in [0, 0.05) is 30.6 Å². The van der Waals surface area contributed by atoms with E-state index in [2.05, 4.69) is 15.4 Å². The summed E-state index contributed by atoms with van der Waals surface area (Å²) in [6.07, 6.45) is 5.63. The molecule has 218 valence electrons. The van der Waals surface area contributed by atoms with Gasteiger partial charge in [0.25, 0.3) is 11.8 Å². The first-order valence-corrected chi connectivity index (χ1v) is 15.3. The van der Waals surface area contributed by atoms with Crippen molar-refractivity contribution in [3.05, 3.63) is 89.6 Å². The van der Waals surface area contributed by atoms with Gasteiger partial charge in [-0.15, -0.1) is 0 Å². The Kier molecular flexibility index (Phi) is 7.50. The molecule has 2 amide bonds. The van der Waals surface area contributed by atoms with Gasteiger partial charge in [-0.2, -0.15) is 9.89 Å². The van der Waals surface area contributed by atoms with Crippen LogP contribution < -0.4 is 5.43 Å². The van der Waals surface area contributed by atoms with Crippen LogP contribution in [-0.2, 0) is 9.84 Å². The molecule has 2 aliphatic heterocycles. The Hall–Kier alpha value is -4.16. The van der Waals surface area contributed by atoms with Crippen molar-refractivity contribution in [2.24, 2.45) is 0 Å². The standard InChI is InChI=1S/C30H29F2N5O4S/c31-21-16-22(32)18-25(17-21)42(40,41)24-7-8-28-20(15-24)19-33-37(28)34-29(38)26-5-1-2-6-27(26)30(39)36-13-9-23(10-14-36)35-11-3-4-12-35/h1-2,5-8,15-19,23H,3-4,9-14H2,(H,34,38). The van der Waals surface area contributed by atoms with Gasteiger partial charge in [0.15, 0.2) is 0 Å². The molecule has 0 aliphatic carbocycles. The zero-order valence-corrected chi connectivity index (χ0v) is 23.5. The van der Waals surface area contributed by atoms with Crippen LogP contribution in [0.1, 0.15) is 46.4 Å². The monoisotopic (exact) mass is 593 g/mol. The van der Waals surface area contributed by atoms with E-state index in [0.29, 0.717) is 41.7 Å². The van der Waals surface area contributed by atoms with E-state index in [1.165, 1.54) is 42.0 Å². The lowest BCUT2D eigenvalue weighted by Crippen LogP contribution is -2.46. The maximum Gasteiger partial charge on any atom is 0.272 e. The first-order valence-electron chi connectivity index (χ1n) is 13.8. The number of fused-ring (bicyclic) bond motifs is 1. The van der Waals surface area contributed by atoms with Crippen LogP contribution in [0.15, 0.2) is 76.7 Å². The summed E-state index contributed by atoms with van der Waals surface area (Å²) in [5.41, 5.74) is 3.55. The lowest BCUT2D eigenvalue weighted by Gasteiger charge is -2.36. The second-order valence-electron chi connectivity index (χ2n) is 10.6. The molecule has 6 rings (SSSR count). The summed E-state index contributed by atoms with van der Waals surface area (Å²) in [4.78, 5) is 31.6. The maximum absolute atomic E-state index is 13.7. The number of sulfone groups is 1.